The van der Waals surface area contributed by atoms with Gasteiger partial charge in [0.05, 0.1) is 5.39 Å². The maximum atomic E-state index is 12.5. The highest BCUT2D eigenvalue weighted by Gasteiger charge is 2.25. The molecule has 0 bridgehead atoms. The number of fused-ring (bicyclic) bond motifs is 1. The van der Waals surface area contributed by atoms with Crippen LogP contribution >= 0.6 is 15.9 Å². The van der Waals surface area contributed by atoms with Crippen LogP contribution < -0.4 is 0 Å². The summed E-state index contributed by atoms with van der Waals surface area (Å²) in [5.41, 5.74) is 1.56. The van der Waals surface area contributed by atoms with E-state index in [1.165, 1.54) is 4.57 Å². The topological polar surface area (TPSA) is 48.5 Å². The fraction of sp³-hybridized carbons (Fsp3) is 0.211. The molecule has 0 spiro atoms. The van der Waals surface area contributed by atoms with Gasteiger partial charge in [-0.3, -0.25) is 0 Å². The van der Waals surface area contributed by atoms with Gasteiger partial charge in [-0.25, -0.2) is 9.36 Å². The molecule has 2 aromatic heterocycles. The van der Waals surface area contributed by atoms with Gasteiger partial charge in [-0.05, 0) is 53.9 Å². The second kappa shape index (κ2) is 6.34. The molecular weight excluding hydrogens is 382 g/mol. The Hall–Kier alpha value is -2.65. The number of hydrogen-bond donors (Lipinski definition) is 0. The van der Waals surface area contributed by atoms with E-state index in [2.05, 4.69) is 25.8 Å². The zero-order valence-electron chi connectivity index (χ0n) is 14.1. The van der Waals surface area contributed by atoms with Gasteiger partial charge in [0.15, 0.2) is 0 Å². The van der Waals surface area contributed by atoms with Crippen molar-refractivity contribution in [2.45, 2.75) is 26.4 Å². The van der Waals surface area contributed by atoms with Crippen molar-refractivity contribution in [2.75, 3.05) is 0 Å². The molecular formula is C19H16BrN3O2. The first-order valence-corrected chi connectivity index (χ1v) is 8.47. The minimum Gasteiger partial charge on any atom is -0.443 e. The summed E-state index contributed by atoms with van der Waals surface area (Å²) in [5, 5.41) is 0.768. The lowest BCUT2D eigenvalue weighted by Gasteiger charge is -2.19. The smallest absolute Gasteiger partial charge is 0.421 e. The number of aromatic nitrogens is 2. The highest BCUT2D eigenvalue weighted by Crippen LogP contribution is 2.37. The maximum Gasteiger partial charge on any atom is 0.421 e. The number of hydrogen-bond acceptors (Lipinski definition) is 3. The van der Waals surface area contributed by atoms with Crippen LogP contribution in [-0.2, 0) is 4.74 Å². The van der Waals surface area contributed by atoms with Crippen molar-refractivity contribution in [3.63, 3.8) is 0 Å². The molecule has 0 radical (unpaired) electrons. The molecule has 0 aliphatic heterocycles. The molecule has 0 N–H and O–H groups in total. The van der Waals surface area contributed by atoms with Crippen LogP contribution in [0.1, 0.15) is 20.8 Å². The van der Waals surface area contributed by atoms with Crippen LogP contribution in [0.4, 0.5) is 10.6 Å². The van der Waals surface area contributed by atoms with E-state index < -0.39 is 11.7 Å². The number of nitrogens with zero attached hydrogens (tertiary/aromatic N) is 3. The Labute approximate surface area is 154 Å². The van der Waals surface area contributed by atoms with E-state index in [1.54, 1.807) is 33.0 Å². The summed E-state index contributed by atoms with van der Waals surface area (Å²) in [6, 6.07) is 11.4. The summed E-state index contributed by atoms with van der Waals surface area (Å²) in [4.78, 5) is 20.3. The number of pyridine rings is 1. The first-order chi connectivity index (χ1) is 11.8. The van der Waals surface area contributed by atoms with Gasteiger partial charge in [-0.2, -0.15) is 0 Å². The molecule has 0 saturated heterocycles. The third-order valence-corrected chi connectivity index (χ3v) is 4.09. The van der Waals surface area contributed by atoms with Crippen molar-refractivity contribution in [1.82, 2.24) is 9.55 Å². The number of ether oxygens (including phenoxy) is 1. The molecule has 126 valence electrons. The van der Waals surface area contributed by atoms with E-state index >= 15 is 0 Å². The Morgan fingerprint density at radius 3 is 2.56 bits per heavy atom. The van der Waals surface area contributed by atoms with Gasteiger partial charge in [0, 0.05) is 10.7 Å². The second-order valence-corrected chi connectivity index (χ2v) is 7.39. The van der Waals surface area contributed by atoms with Gasteiger partial charge in [0.1, 0.15) is 5.60 Å². The average Bonchev–Trinajstić information content (AvgIpc) is 2.90. The van der Waals surface area contributed by atoms with E-state index in [9.17, 15) is 4.79 Å². The quantitative estimate of drug-likeness (QED) is 0.487. The Balaban J connectivity index is 2.27. The molecule has 6 heteroatoms. The first-order valence-electron chi connectivity index (χ1n) is 7.68. The van der Waals surface area contributed by atoms with Crippen LogP contribution in [-0.4, -0.2) is 21.2 Å². The standard InChI is InChI=1S/C19H16BrN3O2/c1-19(2,3)25-18(24)23-11-14(20)16-13(12-8-6-5-7-9-12)10-15(21-4)22-17(16)23/h5-11H,1-3H3. The van der Waals surface area contributed by atoms with Gasteiger partial charge < -0.3 is 9.58 Å². The Bertz CT molecular complexity index is 995. The van der Waals surface area contributed by atoms with Crippen LogP contribution in [0.3, 0.4) is 0 Å². The highest BCUT2D eigenvalue weighted by molar-refractivity contribution is 9.10. The number of benzene rings is 1. The molecule has 0 saturated carbocycles. The van der Waals surface area contributed by atoms with Gasteiger partial charge >= 0.3 is 6.09 Å². The molecule has 3 rings (SSSR count). The number of halogens is 1. The van der Waals surface area contributed by atoms with Crippen molar-refractivity contribution in [3.8, 4) is 11.1 Å². The van der Waals surface area contributed by atoms with Crippen LogP contribution in [0.5, 0.6) is 0 Å². The molecule has 25 heavy (non-hydrogen) atoms. The molecule has 0 atom stereocenters. The van der Waals surface area contributed by atoms with E-state index in [0.717, 1.165) is 21.0 Å². The largest absolute Gasteiger partial charge is 0.443 e. The molecule has 0 amide bonds. The summed E-state index contributed by atoms with van der Waals surface area (Å²) in [5.74, 6) is 0.224. The molecule has 5 nitrogen and oxygen atoms in total. The average molecular weight is 398 g/mol. The lowest BCUT2D eigenvalue weighted by Crippen LogP contribution is -2.26. The molecule has 2 heterocycles. The second-order valence-electron chi connectivity index (χ2n) is 6.53. The van der Waals surface area contributed by atoms with E-state index in [-0.39, 0.29) is 5.82 Å². The lowest BCUT2D eigenvalue weighted by molar-refractivity contribution is 0.0543. The third-order valence-electron chi connectivity index (χ3n) is 3.49. The number of carbonyl (C=O) groups is 1. The highest BCUT2D eigenvalue weighted by atomic mass is 79.9. The Kier molecular flexibility index (Phi) is 4.36. The molecule has 0 aliphatic carbocycles. The van der Waals surface area contributed by atoms with Crippen molar-refractivity contribution < 1.29 is 9.53 Å². The van der Waals surface area contributed by atoms with Gasteiger partial charge in [0.25, 0.3) is 5.82 Å². The first kappa shape index (κ1) is 17.2. The molecule has 0 fully saturated rings. The summed E-state index contributed by atoms with van der Waals surface area (Å²) < 4.78 is 7.51. The van der Waals surface area contributed by atoms with Gasteiger partial charge in [-0.15, -0.1) is 4.98 Å². The van der Waals surface area contributed by atoms with Gasteiger partial charge in [-0.1, -0.05) is 36.9 Å². The van der Waals surface area contributed by atoms with E-state index in [1.807, 2.05) is 30.3 Å². The minimum absolute atomic E-state index is 0.224. The van der Waals surface area contributed by atoms with Crippen molar-refractivity contribution in [3.05, 3.63) is 58.5 Å². The number of rotatable bonds is 1. The summed E-state index contributed by atoms with van der Waals surface area (Å²) >= 11 is 3.51. The zero-order chi connectivity index (χ0) is 18.2. The van der Waals surface area contributed by atoms with E-state index in [4.69, 9.17) is 11.3 Å². The maximum absolute atomic E-state index is 12.5. The van der Waals surface area contributed by atoms with Crippen molar-refractivity contribution in [2.24, 2.45) is 0 Å². The predicted molar refractivity (Wildman–Crippen MR) is 101 cm³/mol. The normalized spacial score (nSPS) is 11.3. The molecule has 3 aromatic rings. The van der Waals surface area contributed by atoms with Crippen LogP contribution in [0.15, 0.2) is 47.1 Å². The molecule has 0 aliphatic rings. The summed E-state index contributed by atoms with van der Waals surface area (Å²) in [6.45, 7) is 12.7. The van der Waals surface area contributed by atoms with Gasteiger partial charge in [0.2, 0.25) is 5.65 Å². The van der Waals surface area contributed by atoms with Crippen molar-refractivity contribution >= 4 is 38.9 Å². The Morgan fingerprint density at radius 2 is 1.96 bits per heavy atom. The number of carbonyl (C=O) groups excluding carboxylic acids is 1. The molecule has 1 aromatic carbocycles. The molecule has 0 unspecified atom stereocenters. The SMILES string of the molecule is [C-]#[N+]c1cc(-c2ccccc2)c2c(Br)cn(C(=O)OC(C)(C)C)c2n1. The lowest BCUT2D eigenvalue weighted by atomic mass is 10.0. The monoisotopic (exact) mass is 397 g/mol. The third kappa shape index (κ3) is 3.42. The summed E-state index contributed by atoms with van der Waals surface area (Å²) in [6.07, 6.45) is 1.10. The zero-order valence-corrected chi connectivity index (χ0v) is 15.7. The predicted octanol–water partition coefficient (Wildman–Crippen LogP) is 5.80. The Morgan fingerprint density at radius 1 is 1.28 bits per heavy atom. The summed E-state index contributed by atoms with van der Waals surface area (Å²) in [7, 11) is 0. The van der Waals surface area contributed by atoms with E-state index in [0.29, 0.717) is 5.65 Å². The van der Waals surface area contributed by atoms with Crippen LogP contribution in [0, 0.1) is 6.57 Å². The fourth-order valence-electron chi connectivity index (χ4n) is 2.52. The minimum atomic E-state index is -0.625. The van der Waals surface area contributed by atoms with Crippen LogP contribution in [0.2, 0.25) is 0 Å². The van der Waals surface area contributed by atoms with Crippen LogP contribution in [0.25, 0.3) is 27.0 Å². The van der Waals surface area contributed by atoms with Crippen molar-refractivity contribution in [1.29, 1.82) is 0 Å². The fourth-order valence-corrected chi connectivity index (χ4v) is 3.12.